The maximum Gasteiger partial charge on any atom is 0.434 e. The number of rotatable bonds is 2. The number of ether oxygens (including phenoxy) is 1. The first-order chi connectivity index (χ1) is 8.97. The molecule has 0 radical (unpaired) electrons. The molecule has 1 heterocycles. The van der Waals surface area contributed by atoms with Gasteiger partial charge in [-0.3, -0.25) is 4.74 Å². The molecule has 0 amide bonds. The lowest BCUT2D eigenvalue weighted by atomic mass is 9.74. The maximum atomic E-state index is 14.1. The smallest absolute Gasteiger partial charge is 0.274 e. The Balaban J connectivity index is 3.55. The molecule has 11 heteroatoms. The summed E-state index contributed by atoms with van der Waals surface area (Å²) in [4.78, 5) is 0. The molecule has 0 aliphatic carbocycles. The molecule has 1 nitrogen and oxygen atoms in total. The van der Waals surface area contributed by atoms with Gasteiger partial charge in [0.15, 0.2) is 5.67 Å². The minimum atomic E-state index is -6.51. The summed E-state index contributed by atoms with van der Waals surface area (Å²) < 4.78 is 135. The number of alkyl halides is 10. The van der Waals surface area contributed by atoms with E-state index in [0.29, 0.717) is 6.92 Å². The van der Waals surface area contributed by atoms with Crippen LogP contribution in [0.15, 0.2) is 0 Å². The Hall–Kier alpha value is -0.740. The van der Waals surface area contributed by atoms with Crippen molar-refractivity contribution in [2.45, 2.75) is 62.1 Å². The zero-order valence-corrected chi connectivity index (χ0v) is 10.6. The topological polar surface area (TPSA) is 9.23 Å². The van der Waals surface area contributed by atoms with Gasteiger partial charge < -0.3 is 0 Å². The van der Waals surface area contributed by atoms with Crippen LogP contribution in [0.5, 0.6) is 0 Å². The molecular formula is C10H10F10O. The van der Waals surface area contributed by atoms with Gasteiger partial charge in [-0.05, 0) is 6.42 Å². The van der Waals surface area contributed by atoms with Gasteiger partial charge in [-0.15, -0.1) is 0 Å². The van der Waals surface area contributed by atoms with Crippen LogP contribution >= 0.6 is 0 Å². The summed E-state index contributed by atoms with van der Waals surface area (Å²) in [7, 11) is 0. The van der Waals surface area contributed by atoms with Crippen molar-refractivity contribution in [3.63, 3.8) is 0 Å². The third kappa shape index (κ3) is 2.27. The highest BCUT2D eigenvalue weighted by Gasteiger charge is 2.88. The summed E-state index contributed by atoms with van der Waals surface area (Å²) in [6.45, 7) is 0.202. The van der Waals surface area contributed by atoms with E-state index in [9.17, 15) is 43.9 Å². The average molecular weight is 336 g/mol. The molecule has 1 saturated heterocycles. The van der Waals surface area contributed by atoms with Gasteiger partial charge in [0.2, 0.25) is 0 Å². The normalized spacial score (nSPS) is 41.1. The zero-order chi connectivity index (χ0) is 17.1. The van der Waals surface area contributed by atoms with Crippen LogP contribution in [-0.2, 0) is 4.74 Å². The fourth-order valence-corrected chi connectivity index (χ4v) is 2.09. The zero-order valence-electron chi connectivity index (χ0n) is 10.6. The van der Waals surface area contributed by atoms with Crippen molar-refractivity contribution in [1.29, 1.82) is 0 Å². The van der Waals surface area contributed by atoms with E-state index in [4.69, 9.17) is 0 Å². The molecule has 1 fully saturated rings. The molecule has 126 valence electrons. The number of halogens is 10. The van der Waals surface area contributed by atoms with E-state index in [0.717, 1.165) is 0 Å². The minimum Gasteiger partial charge on any atom is -0.274 e. The summed E-state index contributed by atoms with van der Waals surface area (Å²) in [5.74, 6) is -9.57. The molecule has 3 atom stereocenters. The molecule has 0 aromatic rings. The average Bonchev–Trinajstić information content (AvgIpc) is 2.21. The van der Waals surface area contributed by atoms with Crippen LogP contribution in [0.1, 0.15) is 26.7 Å². The van der Waals surface area contributed by atoms with Crippen molar-refractivity contribution in [3.05, 3.63) is 0 Å². The predicted molar refractivity (Wildman–Crippen MR) is 49.1 cm³/mol. The molecule has 0 bridgehead atoms. The summed E-state index contributed by atoms with van der Waals surface area (Å²) in [5, 5.41) is 0. The molecule has 1 aliphatic rings. The third-order valence-corrected chi connectivity index (χ3v) is 3.42. The molecule has 0 saturated carbocycles. The molecular weight excluding hydrogens is 326 g/mol. The van der Waals surface area contributed by atoms with Crippen LogP contribution in [0.25, 0.3) is 0 Å². The highest BCUT2D eigenvalue weighted by Crippen LogP contribution is 2.63. The maximum absolute atomic E-state index is 14.1. The molecule has 21 heavy (non-hydrogen) atoms. The minimum absolute atomic E-state index is 0.294. The van der Waals surface area contributed by atoms with Crippen LogP contribution in [0.4, 0.5) is 43.9 Å². The first-order valence-corrected chi connectivity index (χ1v) is 5.57. The Morgan fingerprint density at radius 2 is 1.38 bits per heavy atom. The molecule has 1 rings (SSSR count). The van der Waals surface area contributed by atoms with E-state index in [1.54, 1.807) is 0 Å². The largest absolute Gasteiger partial charge is 0.434 e. The predicted octanol–water partition coefficient (Wildman–Crippen LogP) is 4.71. The van der Waals surface area contributed by atoms with Crippen LogP contribution < -0.4 is 0 Å². The first kappa shape index (κ1) is 18.3. The lowest BCUT2D eigenvalue weighted by Crippen LogP contribution is -2.76. The highest BCUT2D eigenvalue weighted by molar-refractivity contribution is 5.16. The Kier molecular flexibility index (Phi) is 3.82. The SMILES string of the molecule is CCC1(F)CC(F)(C(C)(F)F)OC(F)(F)C1(F)C(F)(F)F. The summed E-state index contributed by atoms with van der Waals surface area (Å²) >= 11 is 0. The fraction of sp³-hybridized carbons (Fsp3) is 1.00. The fourth-order valence-electron chi connectivity index (χ4n) is 2.09. The van der Waals surface area contributed by atoms with E-state index >= 15 is 0 Å². The lowest BCUT2D eigenvalue weighted by Gasteiger charge is -2.52. The second kappa shape index (κ2) is 4.39. The van der Waals surface area contributed by atoms with Crippen molar-refractivity contribution >= 4 is 0 Å². The molecule has 0 N–H and O–H groups in total. The summed E-state index contributed by atoms with van der Waals surface area (Å²) in [6, 6.07) is 0. The summed E-state index contributed by atoms with van der Waals surface area (Å²) in [6.07, 6.45) is -16.8. The van der Waals surface area contributed by atoms with Crippen LogP contribution in [0, 0.1) is 0 Å². The van der Waals surface area contributed by atoms with Crippen molar-refractivity contribution in [1.82, 2.24) is 0 Å². The molecule has 0 aromatic heterocycles. The van der Waals surface area contributed by atoms with Crippen LogP contribution in [0.2, 0.25) is 0 Å². The second-order valence-corrected chi connectivity index (χ2v) is 4.89. The lowest BCUT2D eigenvalue weighted by molar-refractivity contribution is -0.496. The summed E-state index contributed by atoms with van der Waals surface area (Å²) in [5.41, 5.74) is -10.6. The van der Waals surface area contributed by atoms with Gasteiger partial charge in [0, 0.05) is 6.92 Å². The van der Waals surface area contributed by atoms with Gasteiger partial charge in [0.1, 0.15) is 0 Å². The number of hydrogen-bond acceptors (Lipinski definition) is 1. The third-order valence-electron chi connectivity index (χ3n) is 3.42. The Bertz CT molecular complexity index is 415. The monoisotopic (exact) mass is 336 g/mol. The Labute approximate surface area is 112 Å². The van der Waals surface area contributed by atoms with E-state index in [1.165, 1.54) is 0 Å². The first-order valence-electron chi connectivity index (χ1n) is 5.57. The molecule has 1 aliphatic heterocycles. The van der Waals surface area contributed by atoms with Crippen molar-refractivity contribution in [2.24, 2.45) is 0 Å². The Morgan fingerprint density at radius 1 is 0.952 bits per heavy atom. The van der Waals surface area contributed by atoms with Crippen molar-refractivity contribution in [3.8, 4) is 0 Å². The van der Waals surface area contributed by atoms with Crippen molar-refractivity contribution in [2.75, 3.05) is 0 Å². The van der Waals surface area contributed by atoms with Gasteiger partial charge >= 0.3 is 23.9 Å². The number of hydrogen-bond donors (Lipinski definition) is 0. The van der Waals surface area contributed by atoms with E-state index in [1.807, 2.05) is 0 Å². The molecule has 0 aromatic carbocycles. The van der Waals surface area contributed by atoms with E-state index in [2.05, 4.69) is 4.74 Å². The van der Waals surface area contributed by atoms with Gasteiger partial charge in [0.05, 0.1) is 6.42 Å². The van der Waals surface area contributed by atoms with E-state index in [-0.39, 0.29) is 6.92 Å². The molecule has 3 unspecified atom stereocenters. The Morgan fingerprint density at radius 3 is 1.67 bits per heavy atom. The van der Waals surface area contributed by atoms with Crippen molar-refractivity contribution < 1.29 is 48.6 Å². The van der Waals surface area contributed by atoms with Gasteiger partial charge in [-0.1, -0.05) is 6.92 Å². The highest BCUT2D eigenvalue weighted by atomic mass is 19.4. The van der Waals surface area contributed by atoms with Gasteiger partial charge in [-0.25, -0.2) is 22.0 Å². The van der Waals surface area contributed by atoms with Gasteiger partial charge in [0.25, 0.3) is 5.85 Å². The standard InChI is InChI=1S/C10H10F10O/c1-3-6(13)4-7(14,5(2,11)12)21-10(19,20)8(6,15)9(16,17)18/h3-4H2,1-2H3. The van der Waals surface area contributed by atoms with Gasteiger partial charge in [-0.2, -0.15) is 22.0 Å². The van der Waals surface area contributed by atoms with Crippen LogP contribution in [0.3, 0.4) is 0 Å². The van der Waals surface area contributed by atoms with E-state index < -0.39 is 48.2 Å². The quantitative estimate of drug-likeness (QED) is 0.664. The second-order valence-electron chi connectivity index (χ2n) is 4.89. The molecule has 0 spiro atoms. The van der Waals surface area contributed by atoms with Crippen LogP contribution in [-0.4, -0.2) is 35.4 Å².